The maximum atomic E-state index is 12.2. The van der Waals surface area contributed by atoms with Crippen molar-refractivity contribution in [2.24, 2.45) is 5.73 Å². The van der Waals surface area contributed by atoms with E-state index in [2.05, 4.69) is 10.3 Å². The number of ether oxygens (including phenoxy) is 1. The van der Waals surface area contributed by atoms with Gasteiger partial charge < -0.3 is 20.9 Å². The first-order chi connectivity index (χ1) is 15.5. The van der Waals surface area contributed by atoms with Crippen LogP contribution in [-0.4, -0.2) is 46.4 Å². The number of amides is 1. The van der Waals surface area contributed by atoms with Crippen molar-refractivity contribution in [3.05, 3.63) is 44.8 Å². The van der Waals surface area contributed by atoms with Gasteiger partial charge in [-0.25, -0.2) is 4.79 Å². The first kappa shape index (κ1) is 26.0. The number of aromatic amines is 1. The maximum Gasteiger partial charge on any atom is 0.330 e. The van der Waals surface area contributed by atoms with E-state index in [0.29, 0.717) is 6.54 Å². The highest BCUT2D eigenvalue weighted by atomic mass is 16.5. The van der Waals surface area contributed by atoms with Crippen LogP contribution in [0.3, 0.4) is 0 Å². The Bertz CT molecular complexity index is 832. The molecule has 1 aliphatic heterocycles. The van der Waals surface area contributed by atoms with Crippen LogP contribution in [-0.2, 0) is 16.0 Å². The molecule has 2 atom stereocenters. The third-order valence-corrected chi connectivity index (χ3v) is 5.60. The zero-order valence-electron chi connectivity index (χ0n) is 18.9. The van der Waals surface area contributed by atoms with Gasteiger partial charge in [0.1, 0.15) is 6.10 Å². The fourth-order valence-electron chi connectivity index (χ4n) is 3.74. The highest BCUT2D eigenvalue weighted by Gasteiger charge is 2.22. The van der Waals surface area contributed by atoms with Crippen molar-refractivity contribution in [2.75, 3.05) is 19.7 Å². The zero-order valence-corrected chi connectivity index (χ0v) is 18.9. The van der Waals surface area contributed by atoms with Crippen LogP contribution >= 0.6 is 0 Å². The molecule has 180 valence electrons. The summed E-state index contributed by atoms with van der Waals surface area (Å²) < 4.78 is 6.72. The molecule has 1 aliphatic rings. The smallest absolute Gasteiger partial charge is 0.330 e. The number of aliphatic hydroxyl groups excluding tert-OH is 1. The molecular formula is C23H38N4O5. The molecule has 1 amide bonds. The molecule has 0 saturated carbocycles. The van der Waals surface area contributed by atoms with E-state index < -0.39 is 23.6 Å². The van der Waals surface area contributed by atoms with Gasteiger partial charge in [-0.1, -0.05) is 57.4 Å². The van der Waals surface area contributed by atoms with Gasteiger partial charge >= 0.3 is 5.69 Å². The second-order valence-corrected chi connectivity index (χ2v) is 8.30. The van der Waals surface area contributed by atoms with Crippen LogP contribution in [0.2, 0.25) is 0 Å². The summed E-state index contributed by atoms with van der Waals surface area (Å²) in [6.07, 6.45) is 15.1. The summed E-state index contributed by atoms with van der Waals surface area (Å²) in [5.41, 5.74) is 4.48. The number of hydrogen-bond donors (Lipinski definition) is 4. The van der Waals surface area contributed by atoms with Gasteiger partial charge in [-0.3, -0.25) is 19.1 Å². The van der Waals surface area contributed by atoms with Crippen LogP contribution in [0.5, 0.6) is 0 Å². The summed E-state index contributed by atoms with van der Waals surface area (Å²) in [5, 5.41) is 12.0. The second kappa shape index (κ2) is 14.8. The summed E-state index contributed by atoms with van der Waals surface area (Å²) in [4.78, 5) is 38.6. The molecule has 2 heterocycles. The number of H-pyrrole nitrogens is 1. The van der Waals surface area contributed by atoms with E-state index in [-0.39, 0.29) is 24.5 Å². The van der Waals surface area contributed by atoms with Crippen molar-refractivity contribution in [3.8, 4) is 0 Å². The lowest BCUT2D eigenvalue weighted by Crippen LogP contribution is -2.36. The summed E-state index contributed by atoms with van der Waals surface area (Å²) in [7, 11) is 0. The van der Waals surface area contributed by atoms with Crippen molar-refractivity contribution in [2.45, 2.75) is 83.0 Å². The van der Waals surface area contributed by atoms with Crippen LogP contribution in [0.4, 0.5) is 0 Å². The predicted octanol–water partition coefficient (Wildman–Crippen LogP) is 1.50. The molecule has 0 bridgehead atoms. The quantitative estimate of drug-likeness (QED) is 0.222. The van der Waals surface area contributed by atoms with Gasteiger partial charge in [-0.2, -0.15) is 0 Å². The highest BCUT2D eigenvalue weighted by Crippen LogP contribution is 2.19. The first-order valence-corrected chi connectivity index (χ1v) is 11.8. The number of nitrogens with zero attached hydrogens (tertiary/aromatic N) is 1. The number of aromatic nitrogens is 2. The number of rotatable bonds is 16. The van der Waals surface area contributed by atoms with Gasteiger partial charge in [0.2, 0.25) is 5.91 Å². The van der Waals surface area contributed by atoms with Crippen LogP contribution in [0.25, 0.3) is 0 Å². The van der Waals surface area contributed by atoms with E-state index in [1.165, 1.54) is 49.3 Å². The predicted molar refractivity (Wildman–Crippen MR) is 123 cm³/mol. The third-order valence-electron chi connectivity index (χ3n) is 5.60. The minimum absolute atomic E-state index is 0.111. The normalized spacial score (nSPS) is 17.7. The lowest BCUT2D eigenvalue weighted by Gasteiger charge is -2.15. The summed E-state index contributed by atoms with van der Waals surface area (Å²) in [6, 6.07) is 0. The Morgan fingerprint density at radius 1 is 1.03 bits per heavy atom. The minimum atomic E-state index is -0.718. The molecule has 0 saturated heterocycles. The molecule has 0 radical (unpaired) electrons. The molecule has 2 rings (SSSR count). The number of aliphatic hydroxyl groups is 1. The lowest BCUT2D eigenvalue weighted by molar-refractivity contribution is -0.120. The van der Waals surface area contributed by atoms with E-state index in [0.717, 1.165) is 32.2 Å². The standard InChI is InChI=1S/C23H38N4O5/c24-13-9-7-5-3-1-2-4-6-8-10-14-25-20(29)15-18-16-27(23(31)26-22(18)30)21-12-11-19(17-28)32-21/h11-12,16,19,21,28H,1-10,13-15,17,24H2,(H,25,29)(H,26,30,31)/t19-,21+/m1/s1. The summed E-state index contributed by atoms with van der Waals surface area (Å²) in [5.74, 6) is -0.255. The van der Waals surface area contributed by atoms with Crippen molar-refractivity contribution in [3.63, 3.8) is 0 Å². The molecule has 0 fully saturated rings. The zero-order chi connectivity index (χ0) is 23.2. The molecule has 0 unspecified atom stereocenters. The molecule has 0 spiro atoms. The third kappa shape index (κ3) is 9.10. The molecule has 1 aromatic heterocycles. The van der Waals surface area contributed by atoms with E-state index >= 15 is 0 Å². The molecule has 0 aliphatic carbocycles. The molecule has 9 nitrogen and oxygen atoms in total. The monoisotopic (exact) mass is 450 g/mol. The van der Waals surface area contributed by atoms with Gasteiger partial charge in [-0.05, 0) is 25.5 Å². The molecule has 9 heteroatoms. The number of nitrogens with one attached hydrogen (secondary N) is 2. The van der Waals surface area contributed by atoms with E-state index in [1.54, 1.807) is 12.2 Å². The Hall–Kier alpha value is -2.23. The van der Waals surface area contributed by atoms with Crippen LogP contribution in [0, 0.1) is 0 Å². The first-order valence-electron chi connectivity index (χ1n) is 11.8. The van der Waals surface area contributed by atoms with E-state index in [9.17, 15) is 14.4 Å². The van der Waals surface area contributed by atoms with Gasteiger partial charge in [0.25, 0.3) is 5.56 Å². The van der Waals surface area contributed by atoms with Gasteiger partial charge in [-0.15, -0.1) is 0 Å². The molecule has 1 aromatic rings. The van der Waals surface area contributed by atoms with Crippen molar-refractivity contribution < 1.29 is 14.6 Å². The van der Waals surface area contributed by atoms with Crippen LogP contribution in [0.1, 0.15) is 76.0 Å². The number of nitrogens with two attached hydrogens (primary N) is 1. The van der Waals surface area contributed by atoms with Gasteiger partial charge in [0.15, 0.2) is 6.23 Å². The molecular weight excluding hydrogens is 412 g/mol. The van der Waals surface area contributed by atoms with E-state index in [4.69, 9.17) is 15.6 Å². The molecule has 0 aromatic carbocycles. The summed E-state index contributed by atoms with van der Waals surface area (Å²) >= 11 is 0. The maximum absolute atomic E-state index is 12.2. The van der Waals surface area contributed by atoms with Crippen molar-refractivity contribution in [1.29, 1.82) is 0 Å². The lowest BCUT2D eigenvalue weighted by atomic mass is 10.1. The van der Waals surface area contributed by atoms with Crippen LogP contribution < -0.4 is 22.3 Å². The SMILES string of the molecule is NCCCCCCCCCCCCNC(=O)Cc1cn([C@@H]2C=C[C@H](CO)O2)c(=O)[nH]c1=O. The number of unbranched alkanes of at least 4 members (excludes halogenated alkanes) is 9. The Morgan fingerprint density at radius 2 is 1.66 bits per heavy atom. The van der Waals surface area contributed by atoms with Crippen LogP contribution in [0.15, 0.2) is 27.9 Å². The minimum Gasteiger partial charge on any atom is -0.393 e. The average Bonchev–Trinajstić information content (AvgIpc) is 3.25. The largest absolute Gasteiger partial charge is 0.393 e. The Labute approximate surface area is 189 Å². The number of carbonyl (C=O) groups is 1. The second-order valence-electron chi connectivity index (χ2n) is 8.30. The highest BCUT2D eigenvalue weighted by molar-refractivity contribution is 5.78. The molecule has 5 N–H and O–H groups in total. The van der Waals surface area contributed by atoms with Crippen molar-refractivity contribution >= 4 is 5.91 Å². The summed E-state index contributed by atoms with van der Waals surface area (Å²) in [6.45, 7) is 1.16. The topological polar surface area (TPSA) is 139 Å². The average molecular weight is 451 g/mol. The number of carbonyl (C=O) groups excluding carboxylic acids is 1. The fourth-order valence-corrected chi connectivity index (χ4v) is 3.74. The Morgan fingerprint density at radius 3 is 2.25 bits per heavy atom. The van der Waals surface area contributed by atoms with Crippen molar-refractivity contribution in [1.82, 2.24) is 14.9 Å². The Kier molecular flexibility index (Phi) is 12.0. The molecule has 32 heavy (non-hydrogen) atoms. The van der Waals surface area contributed by atoms with Gasteiger partial charge in [0, 0.05) is 18.3 Å². The van der Waals surface area contributed by atoms with E-state index in [1.807, 2.05) is 0 Å². The van der Waals surface area contributed by atoms with Gasteiger partial charge in [0.05, 0.1) is 13.0 Å². The Balaban J connectivity index is 1.64. The number of hydrogen-bond acceptors (Lipinski definition) is 6. The fraction of sp³-hybridized carbons (Fsp3) is 0.696.